The van der Waals surface area contributed by atoms with Gasteiger partial charge in [0.2, 0.25) is 0 Å². The molecule has 45 heavy (non-hydrogen) atoms. The molecule has 0 saturated heterocycles. The fraction of sp³-hybridized carbons (Fsp3) is 0.821. The van der Waals surface area contributed by atoms with Gasteiger partial charge >= 0.3 is 17.9 Å². The summed E-state index contributed by atoms with van der Waals surface area (Å²) >= 11 is 0. The maximum Gasteiger partial charge on any atom is 0.306 e. The third kappa shape index (κ3) is 34.6. The lowest BCUT2D eigenvalue weighted by molar-refractivity contribution is -0.166. The Morgan fingerprint density at radius 1 is 0.467 bits per heavy atom. The Bertz CT molecular complexity index is 744. The quantitative estimate of drug-likeness (QED) is 0.0309. The Kier molecular flexibility index (Phi) is 33.1. The van der Waals surface area contributed by atoms with E-state index in [4.69, 9.17) is 14.2 Å². The molecule has 0 spiro atoms. The van der Waals surface area contributed by atoms with Gasteiger partial charge in [-0.25, -0.2) is 0 Å². The molecule has 0 aliphatic carbocycles. The highest BCUT2D eigenvalue weighted by Gasteiger charge is 2.18. The summed E-state index contributed by atoms with van der Waals surface area (Å²) in [6.45, 7) is 5.61. The monoisotopic (exact) mass is 635 g/mol. The van der Waals surface area contributed by atoms with Gasteiger partial charge in [0.25, 0.3) is 0 Å². The van der Waals surface area contributed by atoms with Crippen LogP contribution < -0.4 is 0 Å². The molecule has 6 heteroatoms. The van der Waals surface area contributed by atoms with E-state index in [0.717, 1.165) is 57.8 Å². The molecule has 0 fully saturated rings. The van der Waals surface area contributed by atoms with Crippen molar-refractivity contribution in [2.45, 2.75) is 194 Å². The van der Waals surface area contributed by atoms with Crippen molar-refractivity contribution >= 4 is 17.9 Å². The van der Waals surface area contributed by atoms with Crippen LogP contribution in [0.2, 0.25) is 0 Å². The first-order chi connectivity index (χ1) is 22.0. The first kappa shape index (κ1) is 42.9. The number of allylic oxidation sites excluding steroid dienone is 4. The van der Waals surface area contributed by atoms with Crippen LogP contribution in [0.15, 0.2) is 24.3 Å². The van der Waals surface area contributed by atoms with Gasteiger partial charge in [-0.15, -0.1) is 0 Å². The third-order valence-corrected chi connectivity index (χ3v) is 7.99. The molecule has 0 aliphatic rings. The van der Waals surface area contributed by atoms with Gasteiger partial charge in [0.05, 0.1) is 0 Å². The summed E-state index contributed by atoms with van der Waals surface area (Å²) < 4.78 is 15.9. The zero-order valence-corrected chi connectivity index (χ0v) is 29.6. The third-order valence-electron chi connectivity index (χ3n) is 7.99. The van der Waals surface area contributed by atoms with Crippen molar-refractivity contribution < 1.29 is 28.6 Å². The van der Waals surface area contributed by atoms with Gasteiger partial charge in [-0.2, -0.15) is 0 Å². The second kappa shape index (κ2) is 34.8. The zero-order chi connectivity index (χ0) is 33.1. The van der Waals surface area contributed by atoms with Crippen LogP contribution in [0.4, 0.5) is 0 Å². The molecule has 0 rings (SSSR count). The first-order valence-corrected chi connectivity index (χ1v) is 18.8. The Morgan fingerprint density at radius 2 is 0.822 bits per heavy atom. The second-order valence-electron chi connectivity index (χ2n) is 12.6. The number of carbonyl (C=O) groups excluding carboxylic acids is 3. The van der Waals surface area contributed by atoms with Crippen molar-refractivity contribution in [2.75, 3.05) is 13.2 Å². The predicted molar refractivity (Wildman–Crippen MR) is 187 cm³/mol. The van der Waals surface area contributed by atoms with Crippen molar-refractivity contribution in [1.82, 2.24) is 0 Å². The van der Waals surface area contributed by atoms with E-state index in [9.17, 15) is 14.4 Å². The van der Waals surface area contributed by atoms with E-state index in [0.29, 0.717) is 12.8 Å². The van der Waals surface area contributed by atoms with Crippen LogP contribution in [0.1, 0.15) is 188 Å². The molecule has 0 heterocycles. The Labute approximate surface area is 277 Å². The summed E-state index contributed by atoms with van der Waals surface area (Å²) in [6, 6.07) is 0. The normalized spacial score (nSPS) is 12.2. The topological polar surface area (TPSA) is 78.9 Å². The summed E-state index contributed by atoms with van der Waals surface area (Å²) in [5, 5.41) is 0. The highest BCUT2D eigenvalue weighted by Crippen LogP contribution is 2.12. The molecule has 0 saturated carbocycles. The van der Waals surface area contributed by atoms with Gasteiger partial charge in [0.1, 0.15) is 13.2 Å². The largest absolute Gasteiger partial charge is 0.462 e. The van der Waals surface area contributed by atoms with E-state index in [1.807, 2.05) is 0 Å². The summed E-state index contributed by atoms with van der Waals surface area (Å²) in [7, 11) is 0. The average molecular weight is 635 g/mol. The lowest BCUT2D eigenvalue weighted by atomic mass is 10.1. The summed E-state index contributed by atoms with van der Waals surface area (Å²) in [4.78, 5) is 35.9. The first-order valence-electron chi connectivity index (χ1n) is 18.8. The molecule has 0 unspecified atom stereocenters. The molecular weight excluding hydrogens is 564 g/mol. The molecule has 0 aromatic rings. The average Bonchev–Trinajstić information content (AvgIpc) is 3.02. The van der Waals surface area contributed by atoms with E-state index in [1.165, 1.54) is 103 Å². The van der Waals surface area contributed by atoms with Crippen LogP contribution in [0.5, 0.6) is 0 Å². The summed E-state index contributed by atoms with van der Waals surface area (Å²) in [6.07, 6.45) is 37.6. The van der Waals surface area contributed by atoms with E-state index in [-0.39, 0.29) is 25.2 Å². The smallest absolute Gasteiger partial charge is 0.306 e. The van der Waals surface area contributed by atoms with Gasteiger partial charge in [0, 0.05) is 19.8 Å². The highest BCUT2D eigenvalue weighted by molar-refractivity contribution is 5.70. The second-order valence-corrected chi connectivity index (χ2v) is 12.6. The van der Waals surface area contributed by atoms with E-state index < -0.39 is 12.1 Å². The Hall–Kier alpha value is -2.11. The van der Waals surface area contributed by atoms with E-state index in [2.05, 4.69) is 38.2 Å². The zero-order valence-electron chi connectivity index (χ0n) is 29.6. The van der Waals surface area contributed by atoms with Crippen LogP contribution in [-0.4, -0.2) is 37.2 Å². The van der Waals surface area contributed by atoms with Crippen LogP contribution >= 0.6 is 0 Å². The lowest BCUT2D eigenvalue weighted by Gasteiger charge is -2.17. The van der Waals surface area contributed by atoms with Gasteiger partial charge in [-0.3, -0.25) is 14.4 Å². The SMILES string of the molecule is CCCCCC/C=C\CCCCCCCC(=O)O[C@@H](COC(C)=O)COC(=O)CCCCCCC/C=C\CCCCCCCC. The predicted octanol–water partition coefficient (Wildman–Crippen LogP) is 11.3. The number of ether oxygens (including phenoxy) is 3. The molecule has 0 N–H and O–H groups in total. The van der Waals surface area contributed by atoms with Gasteiger partial charge in [0.15, 0.2) is 6.10 Å². The molecule has 0 aromatic carbocycles. The van der Waals surface area contributed by atoms with Crippen molar-refractivity contribution in [3.63, 3.8) is 0 Å². The van der Waals surface area contributed by atoms with Gasteiger partial charge in [-0.05, 0) is 64.2 Å². The van der Waals surface area contributed by atoms with Crippen LogP contribution in [0.25, 0.3) is 0 Å². The Balaban J connectivity index is 3.89. The molecule has 0 aromatic heterocycles. The molecule has 6 nitrogen and oxygen atoms in total. The number of unbranched alkanes of at least 4 members (excludes halogenated alkanes) is 20. The molecule has 1 atom stereocenters. The molecule has 0 amide bonds. The number of carbonyl (C=O) groups is 3. The fourth-order valence-electron chi connectivity index (χ4n) is 5.16. The van der Waals surface area contributed by atoms with Crippen LogP contribution in [0.3, 0.4) is 0 Å². The minimum absolute atomic E-state index is 0.0882. The lowest BCUT2D eigenvalue weighted by Crippen LogP contribution is -2.30. The number of hydrogen-bond donors (Lipinski definition) is 0. The summed E-state index contributed by atoms with van der Waals surface area (Å²) in [5.74, 6) is -1.10. The number of esters is 3. The van der Waals surface area contributed by atoms with Crippen molar-refractivity contribution in [3.05, 3.63) is 24.3 Å². The number of hydrogen-bond acceptors (Lipinski definition) is 6. The minimum Gasteiger partial charge on any atom is -0.462 e. The Morgan fingerprint density at radius 3 is 1.27 bits per heavy atom. The van der Waals surface area contributed by atoms with Gasteiger partial charge in [-0.1, -0.05) is 128 Å². The van der Waals surface area contributed by atoms with E-state index in [1.54, 1.807) is 0 Å². The molecular formula is C39H70O6. The van der Waals surface area contributed by atoms with Crippen LogP contribution in [0, 0.1) is 0 Å². The van der Waals surface area contributed by atoms with Gasteiger partial charge < -0.3 is 14.2 Å². The van der Waals surface area contributed by atoms with E-state index >= 15 is 0 Å². The maximum absolute atomic E-state index is 12.4. The van der Waals surface area contributed by atoms with Crippen molar-refractivity contribution in [2.24, 2.45) is 0 Å². The highest BCUT2D eigenvalue weighted by atomic mass is 16.6. The molecule has 0 radical (unpaired) electrons. The van der Waals surface area contributed by atoms with Crippen molar-refractivity contribution in [1.29, 1.82) is 0 Å². The maximum atomic E-state index is 12.4. The molecule has 0 bridgehead atoms. The molecule has 0 aliphatic heterocycles. The number of rotatable bonds is 33. The fourth-order valence-corrected chi connectivity index (χ4v) is 5.16. The standard InChI is InChI=1S/C39H70O6/c1-4-6-8-10-12-14-16-18-19-21-22-24-26-28-30-32-38(41)44-35-37(34-43-36(3)40)45-39(42)33-31-29-27-25-23-20-17-15-13-11-9-7-5-2/h15,17-19,37H,4-14,16,20-35H2,1-3H3/b17-15-,19-18-/t37-/m0/s1. The summed E-state index contributed by atoms with van der Waals surface area (Å²) in [5.41, 5.74) is 0. The minimum atomic E-state index is -0.770. The van der Waals surface area contributed by atoms with Crippen LogP contribution in [-0.2, 0) is 28.6 Å². The van der Waals surface area contributed by atoms with Crippen molar-refractivity contribution in [3.8, 4) is 0 Å². The molecule has 262 valence electrons.